The van der Waals surface area contributed by atoms with Gasteiger partial charge >= 0.3 is 17.4 Å². The lowest BCUT2D eigenvalue weighted by atomic mass is 10.4. The third kappa shape index (κ3) is 1.77. The summed E-state index contributed by atoms with van der Waals surface area (Å²) < 4.78 is 4.10. The Labute approximate surface area is 77.4 Å². The van der Waals surface area contributed by atoms with Crippen molar-refractivity contribution in [3.05, 3.63) is 10.9 Å². The number of amides is 2. The molecule has 0 aromatic carbocycles. The van der Waals surface area contributed by atoms with Gasteiger partial charge in [0, 0.05) is 6.92 Å². The molecule has 1 aromatic rings. The summed E-state index contributed by atoms with van der Waals surface area (Å²) in [4.78, 5) is 21.4. The van der Waals surface area contributed by atoms with E-state index >= 15 is 0 Å². The summed E-state index contributed by atoms with van der Waals surface area (Å²) in [6, 6.07) is 0. The van der Waals surface area contributed by atoms with Gasteiger partial charge in [-0.1, -0.05) is 0 Å². The Bertz CT molecular complexity index is 372. The highest BCUT2D eigenvalue weighted by Crippen LogP contribution is 2.06. The molecule has 0 saturated heterocycles. The second-order valence-electron chi connectivity index (χ2n) is 2.28. The van der Waals surface area contributed by atoms with E-state index < -0.39 is 17.5 Å². The van der Waals surface area contributed by atoms with E-state index in [2.05, 4.69) is 15.1 Å². The molecule has 14 heavy (non-hydrogen) atoms. The fourth-order valence-electron chi connectivity index (χ4n) is 0.756. The number of nitrogens with two attached hydrogens (primary N) is 1. The average molecular weight is 201 g/mol. The molecule has 0 fully saturated rings. The first kappa shape index (κ1) is 9.92. The predicted molar refractivity (Wildman–Crippen MR) is 41.4 cm³/mol. The highest BCUT2D eigenvalue weighted by molar-refractivity contribution is 5.98. The number of nitrogens with zero attached hydrogens (tertiary/aromatic N) is 2. The first-order valence-corrected chi connectivity index (χ1v) is 3.44. The lowest BCUT2D eigenvalue weighted by Crippen LogP contribution is -2.40. The van der Waals surface area contributed by atoms with Gasteiger partial charge in [-0.25, -0.2) is 5.84 Å². The van der Waals surface area contributed by atoms with Crippen molar-refractivity contribution >= 4 is 17.6 Å². The molecule has 2 amide bonds. The monoisotopic (exact) mass is 201 g/mol. The molecule has 1 rings (SSSR count). The van der Waals surface area contributed by atoms with Crippen molar-refractivity contribution in [3.8, 4) is 0 Å². The van der Waals surface area contributed by atoms with Crippen LogP contribution in [0.15, 0.2) is 4.63 Å². The van der Waals surface area contributed by atoms with Crippen molar-refractivity contribution < 1.29 is 19.1 Å². The van der Waals surface area contributed by atoms with Crippen LogP contribution in [0.1, 0.15) is 17.4 Å². The maximum Gasteiger partial charge on any atom is 0.327 e. The summed E-state index contributed by atoms with van der Waals surface area (Å²) in [5.74, 6) is 3.11. The zero-order valence-corrected chi connectivity index (χ0v) is 7.10. The van der Waals surface area contributed by atoms with Crippen molar-refractivity contribution in [2.24, 2.45) is 5.84 Å². The van der Waals surface area contributed by atoms with Crippen LogP contribution in [0.25, 0.3) is 0 Å². The molecule has 76 valence electrons. The zero-order valence-electron chi connectivity index (χ0n) is 7.10. The maximum atomic E-state index is 11.0. The van der Waals surface area contributed by atoms with E-state index in [0.717, 1.165) is 0 Å². The number of rotatable bonds is 2. The third-order valence-electron chi connectivity index (χ3n) is 1.25. The Balaban J connectivity index is 3.05. The number of anilines is 1. The Morgan fingerprint density at radius 3 is 2.79 bits per heavy atom. The van der Waals surface area contributed by atoms with Gasteiger partial charge in [-0.05, 0) is 4.90 Å². The van der Waals surface area contributed by atoms with Gasteiger partial charge in [0.2, 0.25) is 5.91 Å². The smallest absolute Gasteiger partial charge is 0.327 e. The molecule has 0 atom stereocenters. The quantitative estimate of drug-likeness (QED) is 0.216. The fraction of sp³-hybridized carbons (Fsp3) is 0.200. The van der Waals surface area contributed by atoms with Crippen LogP contribution in [0.3, 0.4) is 0 Å². The molecule has 0 aliphatic heterocycles. The van der Waals surface area contributed by atoms with Crippen LogP contribution < -0.4 is 21.5 Å². The van der Waals surface area contributed by atoms with Crippen LogP contribution >= 0.6 is 0 Å². The molecule has 0 aliphatic carbocycles. The summed E-state index contributed by atoms with van der Waals surface area (Å²) in [6.07, 6.45) is 0. The minimum absolute atomic E-state index is 0.159. The molecule has 9 nitrogen and oxygen atoms in total. The van der Waals surface area contributed by atoms with Gasteiger partial charge < -0.3 is 5.21 Å². The number of carbonyl (C=O) groups excluding carboxylic acids is 2. The second kappa shape index (κ2) is 3.70. The number of nitrogens with one attached hydrogen (secondary N) is 2. The van der Waals surface area contributed by atoms with E-state index in [1.807, 2.05) is 0 Å². The first-order valence-electron chi connectivity index (χ1n) is 3.44. The maximum absolute atomic E-state index is 11.0. The summed E-state index contributed by atoms with van der Waals surface area (Å²) in [5, 5.41) is 16.1. The number of hydrogen-bond donors (Lipinski definition) is 3. The van der Waals surface area contributed by atoms with Crippen LogP contribution in [-0.2, 0) is 4.79 Å². The number of carbonyl (C=O) groups is 2. The summed E-state index contributed by atoms with van der Waals surface area (Å²) in [7, 11) is 0. The van der Waals surface area contributed by atoms with Gasteiger partial charge in [0.1, 0.15) is 0 Å². The van der Waals surface area contributed by atoms with Crippen molar-refractivity contribution in [3.63, 3.8) is 0 Å². The lowest BCUT2D eigenvalue weighted by Gasteiger charge is -1.96. The molecule has 1 heterocycles. The van der Waals surface area contributed by atoms with Gasteiger partial charge in [0.25, 0.3) is 0 Å². The fourth-order valence-corrected chi connectivity index (χ4v) is 0.756. The predicted octanol–water partition coefficient (Wildman–Crippen LogP) is -2.13. The van der Waals surface area contributed by atoms with E-state index in [1.54, 1.807) is 5.43 Å². The topological polar surface area (TPSA) is 137 Å². The largest absolute Gasteiger partial charge is 0.359 e. The number of hydrazine groups is 1. The van der Waals surface area contributed by atoms with E-state index in [1.165, 1.54) is 6.92 Å². The summed E-state index contributed by atoms with van der Waals surface area (Å²) >= 11 is 0. The molecule has 0 spiro atoms. The minimum Gasteiger partial charge on any atom is -0.359 e. The van der Waals surface area contributed by atoms with Crippen LogP contribution in [0.2, 0.25) is 0 Å². The molecule has 1 aromatic heterocycles. The van der Waals surface area contributed by atoms with Crippen LogP contribution in [-0.4, -0.2) is 17.0 Å². The molecule has 4 N–H and O–H groups in total. The molecule has 0 radical (unpaired) electrons. The van der Waals surface area contributed by atoms with E-state index in [4.69, 9.17) is 5.84 Å². The van der Waals surface area contributed by atoms with Crippen molar-refractivity contribution in [2.75, 3.05) is 5.32 Å². The molecule has 0 aliphatic rings. The van der Waals surface area contributed by atoms with Crippen LogP contribution in [0.4, 0.5) is 5.82 Å². The Hall–Kier alpha value is -2.16. The summed E-state index contributed by atoms with van der Waals surface area (Å²) in [5.41, 5.74) is 1.20. The standard InChI is InChI=1S/C5H7N5O4/c1-2(11)7-4-3(5(12)8-6)10(13)14-9-4/h6H2,1H3,(H,8,12)(H,7,9,11). The first-order chi connectivity index (χ1) is 6.56. The molecular formula is C5H7N5O4. The highest BCUT2D eigenvalue weighted by Gasteiger charge is 2.26. The summed E-state index contributed by atoms with van der Waals surface area (Å²) in [6.45, 7) is 1.19. The number of aromatic nitrogens is 2. The van der Waals surface area contributed by atoms with Crippen molar-refractivity contribution in [1.82, 2.24) is 10.6 Å². The molecule has 9 heteroatoms. The van der Waals surface area contributed by atoms with Crippen LogP contribution in [0, 0.1) is 5.21 Å². The van der Waals surface area contributed by atoms with E-state index in [0.29, 0.717) is 0 Å². The van der Waals surface area contributed by atoms with Gasteiger partial charge in [0.05, 0.1) is 5.16 Å². The highest BCUT2D eigenvalue weighted by atomic mass is 16.8. The minimum atomic E-state index is -0.912. The number of nitrogen functional groups attached to an aromatic ring is 1. The Morgan fingerprint density at radius 2 is 2.29 bits per heavy atom. The molecule has 0 saturated carbocycles. The molecular weight excluding hydrogens is 194 g/mol. The van der Waals surface area contributed by atoms with Crippen molar-refractivity contribution in [2.45, 2.75) is 6.92 Å². The Kier molecular flexibility index (Phi) is 2.62. The lowest BCUT2D eigenvalue weighted by molar-refractivity contribution is -0.803. The second-order valence-corrected chi connectivity index (χ2v) is 2.28. The van der Waals surface area contributed by atoms with E-state index in [-0.39, 0.29) is 10.7 Å². The normalized spacial score (nSPS) is 9.57. The van der Waals surface area contributed by atoms with Gasteiger partial charge in [-0.3, -0.25) is 25.0 Å². The van der Waals surface area contributed by atoms with Gasteiger partial charge in [-0.15, -0.1) is 0 Å². The van der Waals surface area contributed by atoms with Gasteiger partial charge in [-0.2, -0.15) is 0 Å². The van der Waals surface area contributed by atoms with Gasteiger partial charge in [0.15, 0.2) is 0 Å². The SMILES string of the molecule is CC(=O)Nc1no[n+]([O-])c1C(=O)NN. The molecule has 0 unspecified atom stereocenters. The number of hydrogen-bond acceptors (Lipinski definition) is 6. The average Bonchev–Trinajstić information content (AvgIpc) is 2.45. The van der Waals surface area contributed by atoms with E-state index in [9.17, 15) is 14.8 Å². The molecule has 0 bridgehead atoms. The van der Waals surface area contributed by atoms with Crippen LogP contribution in [0.5, 0.6) is 0 Å². The zero-order chi connectivity index (χ0) is 10.7. The van der Waals surface area contributed by atoms with Crippen molar-refractivity contribution in [1.29, 1.82) is 0 Å². The Morgan fingerprint density at radius 1 is 1.64 bits per heavy atom. The third-order valence-corrected chi connectivity index (χ3v) is 1.25.